The lowest BCUT2D eigenvalue weighted by atomic mass is 10.1. The average molecular weight is 212 g/mol. The fourth-order valence-corrected chi connectivity index (χ4v) is 1.97. The summed E-state index contributed by atoms with van der Waals surface area (Å²) in [6.07, 6.45) is 5.12. The molecule has 1 aliphatic carbocycles. The number of nitrogens with two attached hydrogens (primary N) is 1. The summed E-state index contributed by atoms with van der Waals surface area (Å²) in [5.41, 5.74) is 5.86. The van der Waals surface area contributed by atoms with Crippen LogP contribution in [0, 0.1) is 5.41 Å². The molecule has 1 heterocycles. The van der Waals surface area contributed by atoms with Crippen LogP contribution in [0.5, 0.6) is 0 Å². The monoisotopic (exact) mass is 212 g/mol. The second kappa shape index (κ2) is 4.49. The van der Waals surface area contributed by atoms with Crippen LogP contribution in [0.15, 0.2) is 0 Å². The van der Waals surface area contributed by atoms with E-state index in [4.69, 9.17) is 10.5 Å². The molecule has 1 saturated heterocycles. The largest absolute Gasteiger partial charge is 0.368 e. The highest BCUT2D eigenvalue weighted by atomic mass is 16.5. The summed E-state index contributed by atoms with van der Waals surface area (Å²) in [5.74, 6) is 0.0504. The van der Waals surface area contributed by atoms with Gasteiger partial charge in [-0.05, 0) is 44.1 Å². The highest BCUT2D eigenvalue weighted by molar-refractivity contribution is 5.80. The quantitative estimate of drug-likeness (QED) is 0.709. The number of hydrogen-bond donors (Lipinski definition) is 2. The van der Waals surface area contributed by atoms with Gasteiger partial charge in [0.05, 0.1) is 0 Å². The maximum Gasteiger partial charge on any atom is 0.249 e. The van der Waals surface area contributed by atoms with Gasteiger partial charge >= 0.3 is 0 Å². The molecule has 1 amide bonds. The van der Waals surface area contributed by atoms with Crippen molar-refractivity contribution < 1.29 is 9.53 Å². The van der Waals surface area contributed by atoms with Crippen LogP contribution in [0.25, 0.3) is 0 Å². The Morgan fingerprint density at radius 3 is 2.80 bits per heavy atom. The number of ether oxygens (including phenoxy) is 1. The number of nitrogens with one attached hydrogen (secondary N) is 1. The normalized spacial score (nSPS) is 28.5. The van der Waals surface area contributed by atoms with Gasteiger partial charge < -0.3 is 15.8 Å². The van der Waals surface area contributed by atoms with Crippen LogP contribution in [0.2, 0.25) is 0 Å². The van der Waals surface area contributed by atoms with E-state index >= 15 is 0 Å². The van der Waals surface area contributed by atoms with Gasteiger partial charge in [-0.15, -0.1) is 0 Å². The summed E-state index contributed by atoms with van der Waals surface area (Å²) >= 11 is 0. The van der Waals surface area contributed by atoms with Gasteiger partial charge in [0.25, 0.3) is 0 Å². The topological polar surface area (TPSA) is 64.3 Å². The molecule has 86 valence electrons. The molecule has 0 radical (unpaired) electrons. The Labute approximate surface area is 90.5 Å². The summed E-state index contributed by atoms with van der Waals surface area (Å²) < 4.78 is 5.42. The lowest BCUT2D eigenvalue weighted by Gasteiger charge is -2.23. The molecule has 0 spiro atoms. The Morgan fingerprint density at radius 2 is 2.27 bits per heavy atom. The third-order valence-electron chi connectivity index (χ3n) is 3.50. The number of hydrogen-bond acceptors (Lipinski definition) is 3. The zero-order chi connectivity index (χ0) is 10.7. The summed E-state index contributed by atoms with van der Waals surface area (Å²) in [6, 6.07) is 0. The SMILES string of the molecule is NCC1(CNC(=O)C2CCCCO2)CC1. The summed E-state index contributed by atoms with van der Waals surface area (Å²) in [7, 11) is 0. The Kier molecular flexibility index (Phi) is 3.26. The third-order valence-corrected chi connectivity index (χ3v) is 3.50. The van der Waals surface area contributed by atoms with Gasteiger partial charge in [0.1, 0.15) is 6.10 Å². The van der Waals surface area contributed by atoms with E-state index in [2.05, 4.69) is 5.32 Å². The molecule has 0 aromatic carbocycles. The predicted octanol–water partition coefficient (Wildman–Crippen LogP) is 0.411. The summed E-state index contributed by atoms with van der Waals surface area (Å²) in [5, 5.41) is 2.96. The molecule has 2 rings (SSSR count). The van der Waals surface area contributed by atoms with E-state index < -0.39 is 0 Å². The van der Waals surface area contributed by atoms with Crippen molar-refractivity contribution in [3.8, 4) is 0 Å². The molecule has 1 aliphatic heterocycles. The van der Waals surface area contributed by atoms with E-state index in [9.17, 15) is 4.79 Å². The minimum atomic E-state index is -0.215. The van der Waals surface area contributed by atoms with Crippen molar-refractivity contribution in [2.75, 3.05) is 19.7 Å². The molecule has 4 nitrogen and oxygen atoms in total. The van der Waals surface area contributed by atoms with Gasteiger partial charge in [0.2, 0.25) is 5.91 Å². The van der Waals surface area contributed by atoms with Gasteiger partial charge in [0, 0.05) is 13.2 Å². The van der Waals surface area contributed by atoms with Gasteiger partial charge in [0.15, 0.2) is 0 Å². The van der Waals surface area contributed by atoms with E-state index in [0.717, 1.165) is 45.3 Å². The Bertz CT molecular complexity index is 233. The lowest BCUT2D eigenvalue weighted by Crippen LogP contribution is -2.42. The molecule has 0 aromatic rings. The molecule has 4 heteroatoms. The number of carbonyl (C=O) groups is 1. The second-order valence-corrected chi connectivity index (χ2v) is 4.78. The molecular formula is C11H20N2O2. The molecule has 2 aliphatic rings. The average Bonchev–Trinajstić information content (AvgIpc) is 3.08. The van der Waals surface area contributed by atoms with Gasteiger partial charge in [-0.3, -0.25) is 4.79 Å². The number of carbonyl (C=O) groups excluding carboxylic acids is 1. The van der Waals surface area contributed by atoms with Crippen molar-refractivity contribution in [3.63, 3.8) is 0 Å². The van der Waals surface area contributed by atoms with E-state index in [1.807, 2.05) is 0 Å². The van der Waals surface area contributed by atoms with Crippen molar-refractivity contribution in [1.29, 1.82) is 0 Å². The first kappa shape index (κ1) is 10.9. The molecule has 1 atom stereocenters. The lowest BCUT2D eigenvalue weighted by molar-refractivity contribution is -0.135. The minimum absolute atomic E-state index is 0.0504. The van der Waals surface area contributed by atoms with E-state index in [-0.39, 0.29) is 17.4 Å². The molecule has 15 heavy (non-hydrogen) atoms. The maximum absolute atomic E-state index is 11.7. The second-order valence-electron chi connectivity index (χ2n) is 4.78. The van der Waals surface area contributed by atoms with Gasteiger partial charge in [-0.2, -0.15) is 0 Å². The van der Waals surface area contributed by atoms with Crippen molar-refractivity contribution in [3.05, 3.63) is 0 Å². The first-order valence-electron chi connectivity index (χ1n) is 5.85. The maximum atomic E-state index is 11.7. The van der Waals surface area contributed by atoms with Crippen LogP contribution >= 0.6 is 0 Å². The third kappa shape index (κ3) is 2.69. The van der Waals surface area contributed by atoms with Crippen LogP contribution in [0.3, 0.4) is 0 Å². The van der Waals surface area contributed by atoms with E-state index in [1.54, 1.807) is 0 Å². The first-order valence-corrected chi connectivity index (χ1v) is 5.85. The van der Waals surface area contributed by atoms with Crippen LogP contribution in [-0.4, -0.2) is 31.7 Å². The predicted molar refractivity (Wildman–Crippen MR) is 57.3 cm³/mol. The van der Waals surface area contributed by atoms with Crippen molar-refractivity contribution in [1.82, 2.24) is 5.32 Å². The fourth-order valence-electron chi connectivity index (χ4n) is 1.97. The minimum Gasteiger partial charge on any atom is -0.368 e. The molecule has 0 aromatic heterocycles. The van der Waals surface area contributed by atoms with Gasteiger partial charge in [-0.1, -0.05) is 0 Å². The van der Waals surface area contributed by atoms with E-state index in [1.165, 1.54) is 0 Å². The van der Waals surface area contributed by atoms with Crippen molar-refractivity contribution in [2.45, 2.75) is 38.2 Å². The molecule has 1 saturated carbocycles. The smallest absolute Gasteiger partial charge is 0.249 e. The molecule has 0 bridgehead atoms. The van der Waals surface area contributed by atoms with E-state index in [0.29, 0.717) is 6.54 Å². The Morgan fingerprint density at radius 1 is 1.47 bits per heavy atom. The standard InChI is InChI=1S/C11H20N2O2/c12-7-11(4-5-11)8-13-10(14)9-3-1-2-6-15-9/h9H,1-8,12H2,(H,13,14). The number of amides is 1. The van der Waals surface area contributed by atoms with Crippen molar-refractivity contribution >= 4 is 5.91 Å². The summed E-state index contributed by atoms with van der Waals surface area (Å²) in [6.45, 7) is 2.13. The van der Waals surface area contributed by atoms with Crippen LogP contribution in [0.1, 0.15) is 32.1 Å². The molecule has 3 N–H and O–H groups in total. The first-order chi connectivity index (χ1) is 7.26. The Balaban J connectivity index is 1.72. The van der Waals surface area contributed by atoms with Crippen LogP contribution in [-0.2, 0) is 9.53 Å². The Hall–Kier alpha value is -0.610. The molecular weight excluding hydrogens is 192 g/mol. The molecule has 1 unspecified atom stereocenters. The fraction of sp³-hybridized carbons (Fsp3) is 0.909. The van der Waals surface area contributed by atoms with Gasteiger partial charge in [-0.25, -0.2) is 0 Å². The zero-order valence-corrected chi connectivity index (χ0v) is 9.13. The number of rotatable bonds is 4. The summed E-state index contributed by atoms with van der Waals surface area (Å²) in [4.78, 5) is 11.7. The molecule has 2 fully saturated rings. The van der Waals surface area contributed by atoms with Crippen LogP contribution in [0.4, 0.5) is 0 Å². The van der Waals surface area contributed by atoms with Crippen LogP contribution < -0.4 is 11.1 Å². The highest BCUT2D eigenvalue weighted by Crippen LogP contribution is 2.43. The van der Waals surface area contributed by atoms with Crippen molar-refractivity contribution in [2.24, 2.45) is 11.1 Å². The highest BCUT2D eigenvalue weighted by Gasteiger charge is 2.41. The zero-order valence-electron chi connectivity index (χ0n) is 9.13.